The van der Waals surface area contributed by atoms with Crippen molar-refractivity contribution in [2.45, 2.75) is 26.2 Å². The van der Waals surface area contributed by atoms with Crippen LogP contribution >= 0.6 is 0 Å². The largest absolute Gasteiger partial charge is 0.442 e. The fourth-order valence-corrected chi connectivity index (χ4v) is 13.1. The van der Waals surface area contributed by atoms with Gasteiger partial charge in [0, 0.05) is 0 Å². The lowest BCUT2D eigenvalue weighted by Crippen LogP contribution is -2.63. The lowest BCUT2D eigenvalue weighted by Gasteiger charge is -2.36. The number of rotatable bonds is 6. The molecule has 0 N–H and O–H groups in total. The smallest absolute Gasteiger partial charge is 0.311 e. The van der Waals surface area contributed by atoms with E-state index in [4.69, 9.17) is 8.23 Å². The Hall–Kier alpha value is -0.989. The molecule has 2 nitrogen and oxygen atoms in total. The fourth-order valence-electron chi connectivity index (χ4n) is 2.67. The van der Waals surface area contributed by atoms with E-state index in [1.807, 2.05) is 0 Å². The molecule has 0 amide bonds. The van der Waals surface area contributed by atoms with Gasteiger partial charge in [0.25, 0.3) is 0 Å². The second kappa shape index (κ2) is 6.85. The molecule has 112 valence electrons. The summed E-state index contributed by atoms with van der Waals surface area (Å²) in [6.07, 6.45) is 0. The number of hydrogen-bond acceptors (Lipinski definition) is 2. The van der Waals surface area contributed by atoms with Crippen molar-refractivity contribution in [1.29, 1.82) is 0 Å². The summed E-state index contributed by atoms with van der Waals surface area (Å²) in [5, 5.41) is 2.61. The molecule has 0 bridgehead atoms. The average Bonchev–Trinajstić information content (AvgIpc) is 2.48. The van der Waals surface area contributed by atoms with Crippen LogP contribution in [0.2, 0.25) is 26.2 Å². The summed E-state index contributed by atoms with van der Waals surface area (Å²) in [6, 6.07) is 21.2. The Morgan fingerprint density at radius 1 is 0.762 bits per heavy atom. The van der Waals surface area contributed by atoms with Gasteiger partial charge in [-0.15, -0.1) is 0 Å². The van der Waals surface area contributed by atoms with E-state index >= 15 is 0 Å². The molecule has 0 aliphatic rings. The minimum absolute atomic E-state index is 0.460. The molecule has 0 saturated carbocycles. The summed E-state index contributed by atoms with van der Waals surface area (Å²) in [6.45, 7) is 8.79. The lowest BCUT2D eigenvalue weighted by atomic mass is 10.4. The minimum Gasteiger partial charge on any atom is -0.442 e. The minimum atomic E-state index is -2.22. The Bertz CT molecular complexity index is 519. The van der Waals surface area contributed by atoms with Gasteiger partial charge in [0.2, 0.25) is 8.32 Å². The Balaban J connectivity index is 2.45. The van der Waals surface area contributed by atoms with Crippen LogP contribution in [0.3, 0.4) is 0 Å². The van der Waals surface area contributed by atoms with Gasteiger partial charge in [-0.25, -0.2) is 0 Å². The van der Waals surface area contributed by atoms with Crippen molar-refractivity contribution in [2.24, 2.45) is 0 Å². The third-order valence-electron chi connectivity index (χ3n) is 3.59. The molecule has 2 aromatic carbocycles. The van der Waals surface area contributed by atoms with Gasteiger partial charge in [-0.2, -0.15) is 0 Å². The van der Waals surface area contributed by atoms with Crippen LogP contribution in [0.4, 0.5) is 0 Å². The summed E-state index contributed by atoms with van der Waals surface area (Å²) in [5.41, 5.74) is 0. The molecular formula is C16H24O2Si3. The van der Waals surface area contributed by atoms with Crippen molar-refractivity contribution in [3.8, 4) is 0 Å². The molecule has 0 saturated heterocycles. The third kappa shape index (κ3) is 4.02. The van der Waals surface area contributed by atoms with E-state index in [0.29, 0.717) is 0 Å². The van der Waals surface area contributed by atoms with E-state index in [1.165, 1.54) is 10.4 Å². The van der Waals surface area contributed by atoms with Crippen molar-refractivity contribution in [2.75, 3.05) is 0 Å². The normalized spacial score (nSPS) is 13.0. The van der Waals surface area contributed by atoms with Crippen LogP contribution in [0.25, 0.3) is 0 Å². The molecule has 2 rings (SSSR count). The summed E-state index contributed by atoms with van der Waals surface area (Å²) < 4.78 is 12.8. The van der Waals surface area contributed by atoms with E-state index < -0.39 is 26.6 Å². The van der Waals surface area contributed by atoms with Gasteiger partial charge in [-0.05, 0) is 30.0 Å². The van der Waals surface area contributed by atoms with E-state index in [0.717, 1.165) is 0 Å². The SMILES string of the molecule is C[SiH2]O[Si](C)(C)O[Si](C)(c1ccccc1)c1ccccc1. The molecule has 0 atom stereocenters. The lowest BCUT2D eigenvalue weighted by molar-refractivity contribution is 0.418. The van der Waals surface area contributed by atoms with Gasteiger partial charge >= 0.3 is 8.56 Å². The maximum absolute atomic E-state index is 6.73. The number of hydrogen-bond donors (Lipinski definition) is 0. The van der Waals surface area contributed by atoms with Gasteiger partial charge in [0.15, 0.2) is 0 Å². The maximum atomic E-state index is 6.73. The fraction of sp³-hybridized carbons (Fsp3) is 0.250. The Kier molecular flexibility index (Phi) is 5.34. The molecule has 0 aromatic heterocycles. The first-order valence-electron chi connectivity index (χ1n) is 7.43. The predicted octanol–water partition coefficient (Wildman–Crippen LogP) is 2.24. The highest BCUT2D eigenvalue weighted by molar-refractivity contribution is 7.01. The van der Waals surface area contributed by atoms with Crippen LogP contribution in [-0.4, -0.2) is 26.6 Å². The first-order chi connectivity index (χ1) is 9.98. The second-order valence-electron chi connectivity index (χ2n) is 5.70. The summed E-state index contributed by atoms with van der Waals surface area (Å²) >= 11 is 0. The van der Waals surface area contributed by atoms with Crippen LogP contribution in [0.15, 0.2) is 60.7 Å². The van der Waals surface area contributed by atoms with Crippen molar-refractivity contribution in [3.63, 3.8) is 0 Å². The second-order valence-corrected chi connectivity index (χ2v) is 14.3. The Morgan fingerprint density at radius 2 is 1.19 bits per heavy atom. The molecule has 0 aliphatic carbocycles. The summed E-state index contributed by atoms with van der Waals surface area (Å²) in [4.78, 5) is 0. The third-order valence-corrected chi connectivity index (χ3v) is 14.0. The molecule has 0 heterocycles. The highest BCUT2D eigenvalue weighted by atomic mass is 28.5. The quantitative estimate of drug-likeness (QED) is 0.755. The molecular weight excluding hydrogens is 308 g/mol. The van der Waals surface area contributed by atoms with E-state index in [1.54, 1.807) is 0 Å². The average molecular weight is 333 g/mol. The molecule has 0 fully saturated rings. The van der Waals surface area contributed by atoms with Crippen LogP contribution in [-0.2, 0) is 8.23 Å². The first kappa shape index (κ1) is 16.4. The van der Waals surface area contributed by atoms with Crippen molar-refractivity contribution < 1.29 is 8.23 Å². The maximum Gasteiger partial charge on any atom is 0.311 e. The monoisotopic (exact) mass is 332 g/mol. The zero-order valence-electron chi connectivity index (χ0n) is 13.3. The zero-order valence-corrected chi connectivity index (χ0v) is 16.7. The van der Waals surface area contributed by atoms with Crippen LogP contribution in [0.5, 0.6) is 0 Å². The van der Waals surface area contributed by atoms with E-state index in [9.17, 15) is 0 Å². The van der Waals surface area contributed by atoms with Gasteiger partial charge in [-0.3, -0.25) is 0 Å². The summed E-state index contributed by atoms with van der Waals surface area (Å²) in [5.74, 6) is 0. The van der Waals surface area contributed by atoms with Crippen LogP contribution in [0, 0.1) is 0 Å². The zero-order chi connectivity index (χ0) is 15.3. The molecule has 0 radical (unpaired) electrons. The Morgan fingerprint density at radius 3 is 1.57 bits per heavy atom. The highest BCUT2D eigenvalue weighted by Crippen LogP contribution is 2.16. The Labute approximate surface area is 132 Å². The van der Waals surface area contributed by atoms with Gasteiger partial charge in [0.05, 0.1) is 0 Å². The molecule has 5 heteroatoms. The first-order valence-corrected chi connectivity index (χ1v) is 14.6. The van der Waals surface area contributed by atoms with Gasteiger partial charge in [0.1, 0.15) is 9.76 Å². The topological polar surface area (TPSA) is 18.5 Å². The van der Waals surface area contributed by atoms with Crippen molar-refractivity contribution in [3.05, 3.63) is 60.7 Å². The van der Waals surface area contributed by atoms with Crippen molar-refractivity contribution in [1.82, 2.24) is 0 Å². The van der Waals surface area contributed by atoms with Crippen molar-refractivity contribution >= 4 is 37.0 Å². The molecule has 0 unspecified atom stereocenters. The molecule has 0 spiro atoms. The predicted molar refractivity (Wildman–Crippen MR) is 97.8 cm³/mol. The van der Waals surface area contributed by atoms with Crippen LogP contribution in [0.1, 0.15) is 0 Å². The molecule has 21 heavy (non-hydrogen) atoms. The standard InChI is InChI=1S/C16H24O2Si3/c1-19-17-20(2,3)18-21(4,15-11-7-5-8-12-15)16-13-9-6-10-14-16/h5-14H,19H2,1-4H3. The van der Waals surface area contributed by atoms with Gasteiger partial charge in [-0.1, -0.05) is 67.2 Å². The van der Waals surface area contributed by atoms with Crippen LogP contribution < -0.4 is 10.4 Å². The van der Waals surface area contributed by atoms with E-state index in [-0.39, 0.29) is 0 Å². The number of benzene rings is 2. The highest BCUT2D eigenvalue weighted by Gasteiger charge is 2.40. The van der Waals surface area contributed by atoms with Gasteiger partial charge < -0.3 is 8.23 Å². The van der Waals surface area contributed by atoms with E-state index in [2.05, 4.69) is 86.9 Å². The molecule has 2 aromatic rings. The molecule has 0 aliphatic heterocycles. The summed E-state index contributed by atoms with van der Waals surface area (Å²) in [7, 11) is -4.76.